The molecule has 0 bridgehead atoms. The van der Waals surface area contributed by atoms with Gasteiger partial charge in [0.2, 0.25) is 5.89 Å². The van der Waals surface area contributed by atoms with E-state index in [1.807, 2.05) is 25.1 Å². The Morgan fingerprint density at radius 2 is 1.92 bits per heavy atom. The fourth-order valence-electron chi connectivity index (χ4n) is 2.68. The largest absolute Gasteiger partial charge is 0.441 e. The molecule has 7 nitrogen and oxygen atoms in total. The van der Waals surface area contributed by atoms with Crippen LogP contribution < -0.4 is 5.14 Å². The lowest BCUT2D eigenvalue weighted by molar-refractivity contribution is 0.179. The molecular weight excluding hydrogens is 352 g/mol. The minimum atomic E-state index is -3.61. The molecule has 0 radical (unpaired) electrons. The predicted molar refractivity (Wildman–Crippen MR) is 91.6 cm³/mol. The van der Waals surface area contributed by atoms with Crippen LogP contribution in [0.4, 0.5) is 0 Å². The molecule has 0 amide bonds. The minimum Gasteiger partial charge on any atom is -0.441 e. The van der Waals surface area contributed by atoms with E-state index in [0.29, 0.717) is 43.6 Å². The third-order valence-corrected chi connectivity index (χ3v) is 5.48. The van der Waals surface area contributed by atoms with Gasteiger partial charge in [0, 0.05) is 32.7 Å². The molecule has 0 unspecified atom stereocenters. The van der Waals surface area contributed by atoms with Gasteiger partial charge in [-0.05, 0) is 19.1 Å². The highest BCUT2D eigenvalue weighted by molar-refractivity contribution is 7.86. The number of halogens is 1. The molecule has 9 heteroatoms. The highest BCUT2D eigenvalue weighted by Gasteiger charge is 2.25. The topological polar surface area (TPSA) is 92.7 Å². The number of oxazole rings is 1. The zero-order chi connectivity index (χ0) is 17.3. The quantitative estimate of drug-likeness (QED) is 0.882. The summed E-state index contributed by atoms with van der Waals surface area (Å²) in [5.41, 5.74) is 1.58. The van der Waals surface area contributed by atoms with Crippen LogP contribution >= 0.6 is 11.6 Å². The fourth-order valence-corrected chi connectivity index (χ4v) is 3.57. The van der Waals surface area contributed by atoms with Crippen LogP contribution in [-0.4, -0.2) is 48.8 Å². The minimum absolute atomic E-state index is 0.382. The summed E-state index contributed by atoms with van der Waals surface area (Å²) in [6, 6.07) is 7.39. The first-order valence-electron chi connectivity index (χ1n) is 7.56. The van der Waals surface area contributed by atoms with Crippen molar-refractivity contribution in [2.24, 2.45) is 5.14 Å². The summed E-state index contributed by atoms with van der Waals surface area (Å²) in [6.07, 6.45) is 0. The lowest BCUT2D eigenvalue weighted by Gasteiger charge is -2.32. The third kappa shape index (κ3) is 3.79. The lowest BCUT2D eigenvalue weighted by atomic mass is 10.2. The van der Waals surface area contributed by atoms with Crippen LogP contribution in [0, 0.1) is 6.92 Å². The Bertz CT molecular complexity index is 829. The van der Waals surface area contributed by atoms with Crippen LogP contribution in [0.5, 0.6) is 0 Å². The second-order valence-corrected chi connectivity index (χ2v) is 7.68. The van der Waals surface area contributed by atoms with E-state index in [1.165, 1.54) is 4.31 Å². The van der Waals surface area contributed by atoms with Crippen LogP contribution in [-0.2, 0) is 16.8 Å². The smallest absolute Gasteiger partial charge is 0.276 e. The molecule has 2 N–H and O–H groups in total. The molecule has 1 aliphatic heterocycles. The molecule has 0 aliphatic carbocycles. The van der Waals surface area contributed by atoms with Crippen LogP contribution in [0.1, 0.15) is 11.5 Å². The molecule has 1 aromatic carbocycles. The Labute approximate surface area is 146 Å². The molecule has 130 valence electrons. The van der Waals surface area contributed by atoms with E-state index >= 15 is 0 Å². The Morgan fingerprint density at radius 1 is 1.25 bits per heavy atom. The van der Waals surface area contributed by atoms with Crippen molar-refractivity contribution in [3.63, 3.8) is 0 Å². The van der Waals surface area contributed by atoms with Crippen molar-refractivity contribution in [2.45, 2.75) is 13.5 Å². The molecule has 1 saturated heterocycles. The van der Waals surface area contributed by atoms with Crippen molar-refractivity contribution in [1.29, 1.82) is 0 Å². The van der Waals surface area contributed by atoms with E-state index in [1.54, 1.807) is 6.07 Å². The summed E-state index contributed by atoms with van der Waals surface area (Å²) in [7, 11) is -3.61. The fraction of sp³-hybridized carbons (Fsp3) is 0.400. The summed E-state index contributed by atoms with van der Waals surface area (Å²) in [5, 5.41) is 5.74. The molecule has 1 aliphatic rings. The summed E-state index contributed by atoms with van der Waals surface area (Å²) < 4.78 is 29.7. The van der Waals surface area contributed by atoms with E-state index < -0.39 is 10.2 Å². The van der Waals surface area contributed by atoms with Gasteiger partial charge < -0.3 is 4.42 Å². The number of rotatable bonds is 4. The molecule has 2 heterocycles. The Kier molecular flexibility index (Phi) is 4.93. The number of hydrogen-bond donors (Lipinski definition) is 1. The maximum absolute atomic E-state index is 11.3. The van der Waals surface area contributed by atoms with Crippen LogP contribution in [0.15, 0.2) is 28.7 Å². The Morgan fingerprint density at radius 3 is 2.54 bits per heavy atom. The first-order chi connectivity index (χ1) is 11.3. The second-order valence-electron chi connectivity index (χ2n) is 5.72. The molecule has 2 aromatic rings. The van der Waals surface area contributed by atoms with Gasteiger partial charge in [-0.1, -0.05) is 23.7 Å². The predicted octanol–water partition coefficient (Wildman–Crippen LogP) is 1.62. The van der Waals surface area contributed by atoms with Gasteiger partial charge in [-0.15, -0.1) is 0 Å². The molecule has 3 rings (SSSR count). The first kappa shape index (κ1) is 17.4. The van der Waals surface area contributed by atoms with Crippen molar-refractivity contribution in [3.8, 4) is 11.5 Å². The number of benzene rings is 1. The summed E-state index contributed by atoms with van der Waals surface area (Å²) >= 11 is 6.19. The Balaban J connectivity index is 1.70. The van der Waals surface area contributed by atoms with Crippen molar-refractivity contribution in [1.82, 2.24) is 14.2 Å². The van der Waals surface area contributed by atoms with Gasteiger partial charge in [0.1, 0.15) is 5.76 Å². The van der Waals surface area contributed by atoms with E-state index in [0.717, 1.165) is 17.0 Å². The normalized spacial score (nSPS) is 17.3. The zero-order valence-corrected chi connectivity index (χ0v) is 14.8. The number of hydrogen-bond acceptors (Lipinski definition) is 5. The van der Waals surface area contributed by atoms with Gasteiger partial charge in [0.05, 0.1) is 16.3 Å². The number of aromatic nitrogens is 1. The van der Waals surface area contributed by atoms with Gasteiger partial charge >= 0.3 is 0 Å². The van der Waals surface area contributed by atoms with Crippen molar-refractivity contribution in [2.75, 3.05) is 26.2 Å². The number of aryl methyl sites for hydroxylation is 1. The first-order valence-corrected chi connectivity index (χ1v) is 9.44. The molecule has 1 fully saturated rings. The number of piperazine rings is 1. The molecule has 1 aromatic heterocycles. The van der Waals surface area contributed by atoms with Gasteiger partial charge in [0.15, 0.2) is 0 Å². The van der Waals surface area contributed by atoms with Crippen molar-refractivity contribution < 1.29 is 12.8 Å². The summed E-state index contributed by atoms with van der Waals surface area (Å²) in [4.78, 5) is 6.68. The van der Waals surface area contributed by atoms with Crippen LogP contribution in [0.25, 0.3) is 11.5 Å². The average Bonchev–Trinajstić information content (AvgIpc) is 2.88. The molecule has 0 atom stereocenters. The number of nitrogens with zero attached hydrogens (tertiary/aromatic N) is 3. The van der Waals surface area contributed by atoms with E-state index in [2.05, 4.69) is 9.88 Å². The van der Waals surface area contributed by atoms with Crippen LogP contribution in [0.3, 0.4) is 0 Å². The summed E-state index contributed by atoms with van der Waals surface area (Å²) in [6.45, 7) is 4.43. The monoisotopic (exact) mass is 370 g/mol. The molecule has 0 saturated carbocycles. The van der Waals surface area contributed by atoms with Gasteiger partial charge in [-0.25, -0.2) is 10.1 Å². The van der Waals surface area contributed by atoms with Crippen molar-refractivity contribution in [3.05, 3.63) is 40.7 Å². The van der Waals surface area contributed by atoms with Crippen molar-refractivity contribution >= 4 is 21.8 Å². The summed E-state index contributed by atoms with van der Waals surface area (Å²) in [5.74, 6) is 1.23. The lowest BCUT2D eigenvalue weighted by Crippen LogP contribution is -2.50. The second kappa shape index (κ2) is 6.81. The SMILES string of the molecule is Cc1oc(-c2ccccc2Cl)nc1CN1CCN(S(N)(=O)=O)CC1. The van der Waals surface area contributed by atoms with Gasteiger partial charge in [0.25, 0.3) is 10.2 Å². The molecule has 0 spiro atoms. The maximum Gasteiger partial charge on any atom is 0.276 e. The highest BCUT2D eigenvalue weighted by atomic mass is 35.5. The molecular formula is C15H19ClN4O3S. The maximum atomic E-state index is 11.3. The Hall–Kier alpha value is -1.45. The van der Waals surface area contributed by atoms with Crippen LogP contribution in [0.2, 0.25) is 5.02 Å². The van der Waals surface area contributed by atoms with Gasteiger partial charge in [-0.3, -0.25) is 4.90 Å². The van der Waals surface area contributed by atoms with E-state index in [-0.39, 0.29) is 0 Å². The molecule has 24 heavy (non-hydrogen) atoms. The zero-order valence-electron chi connectivity index (χ0n) is 13.3. The average molecular weight is 371 g/mol. The highest BCUT2D eigenvalue weighted by Crippen LogP contribution is 2.28. The standard InChI is InChI=1S/C15H19ClN4O3S/c1-11-14(10-19-6-8-20(9-7-19)24(17,21)22)18-15(23-11)12-4-2-3-5-13(12)16/h2-5H,6-10H2,1H3,(H2,17,21,22). The van der Waals surface area contributed by atoms with E-state index in [9.17, 15) is 8.42 Å². The van der Waals surface area contributed by atoms with E-state index in [4.69, 9.17) is 21.2 Å². The van der Waals surface area contributed by atoms with Gasteiger partial charge in [-0.2, -0.15) is 12.7 Å². The number of nitrogens with two attached hydrogens (primary N) is 1. The third-order valence-electron chi connectivity index (χ3n) is 4.06.